The maximum absolute atomic E-state index is 13.8. The van der Waals surface area contributed by atoms with E-state index in [0.29, 0.717) is 12.1 Å². The molecule has 1 aromatic rings. The lowest BCUT2D eigenvalue weighted by molar-refractivity contribution is -0.290. The average molecular weight is 358 g/mol. The van der Waals surface area contributed by atoms with Crippen LogP contribution in [0.1, 0.15) is 41.8 Å². The Bertz CT molecular complexity index is 640. The highest BCUT2D eigenvalue weighted by molar-refractivity contribution is 7.85. The molecule has 0 fully saturated rings. The maximum atomic E-state index is 13.8. The van der Waals surface area contributed by atoms with Crippen LogP contribution in [0.5, 0.6) is 0 Å². The van der Waals surface area contributed by atoms with Crippen molar-refractivity contribution < 1.29 is 36.1 Å². The van der Waals surface area contributed by atoms with Gasteiger partial charge in [-0.2, -0.15) is 22.0 Å². The van der Waals surface area contributed by atoms with Crippen LogP contribution in [0.3, 0.4) is 0 Å². The quantitative estimate of drug-likeness (QED) is 0.801. The van der Waals surface area contributed by atoms with Crippen LogP contribution in [0.15, 0.2) is 17.0 Å². The molecule has 23 heavy (non-hydrogen) atoms. The summed E-state index contributed by atoms with van der Waals surface area (Å²) >= 11 is 0. The van der Waals surface area contributed by atoms with E-state index in [2.05, 4.69) is 0 Å². The molecule has 0 aliphatic rings. The molecule has 0 bridgehead atoms. The lowest BCUT2D eigenvalue weighted by atomic mass is 10.0. The van der Waals surface area contributed by atoms with Crippen LogP contribution in [0.4, 0.5) is 22.0 Å². The highest BCUT2D eigenvalue weighted by Gasteiger charge is 2.60. The zero-order valence-electron chi connectivity index (χ0n) is 12.5. The van der Waals surface area contributed by atoms with Crippen molar-refractivity contribution in [3.8, 4) is 0 Å². The fraction of sp³-hybridized carbons (Fsp3) is 0.500. The van der Waals surface area contributed by atoms with Gasteiger partial charge in [-0.15, -0.1) is 0 Å². The number of aromatic carboxylic acids is 1. The standard InChI is InChI=1S/C14H15F5O3S/c1-4-7(2)23(22)11-8(3)9(12(20)21)5-6-10(11)13(15,16)14(17,18)19/h5-7H,4H2,1-3H3,(H,20,21)/t7-,23+/m1/s1. The van der Waals surface area contributed by atoms with Gasteiger partial charge in [0.15, 0.2) is 0 Å². The van der Waals surface area contributed by atoms with Gasteiger partial charge in [-0.05, 0) is 25.0 Å². The molecular formula is C14H15F5O3S. The zero-order valence-corrected chi connectivity index (χ0v) is 13.3. The SMILES string of the molecule is CC[C@@H](C)[S@](=O)c1c(C(F)(F)C(F)(F)F)ccc(C(=O)O)c1C. The molecular weight excluding hydrogens is 343 g/mol. The molecule has 0 amide bonds. The normalized spacial score (nSPS) is 15.3. The van der Waals surface area contributed by atoms with Crippen LogP contribution < -0.4 is 0 Å². The van der Waals surface area contributed by atoms with E-state index in [-0.39, 0.29) is 12.0 Å². The molecule has 0 radical (unpaired) electrons. The number of hydrogen-bond donors (Lipinski definition) is 1. The molecule has 0 heterocycles. The number of hydrogen-bond acceptors (Lipinski definition) is 2. The van der Waals surface area contributed by atoms with Crippen molar-refractivity contribution in [3.05, 3.63) is 28.8 Å². The number of carboxylic acid groups (broad SMARTS) is 1. The van der Waals surface area contributed by atoms with Gasteiger partial charge in [0, 0.05) is 10.8 Å². The smallest absolute Gasteiger partial charge is 0.458 e. The van der Waals surface area contributed by atoms with Gasteiger partial charge in [0.25, 0.3) is 0 Å². The minimum atomic E-state index is -5.88. The zero-order chi connectivity index (χ0) is 18.2. The summed E-state index contributed by atoms with van der Waals surface area (Å²) in [6, 6.07) is 1.06. The van der Waals surface area contributed by atoms with E-state index in [1.165, 1.54) is 6.92 Å². The van der Waals surface area contributed by atoms with Crippen LogP contribution >= 0.6 is 0 Å². The van der Waals surface area contributed by atoms with Crippen molar-refractivity contribution in [2.24, 2.45) is 0 Å². The van der Waals surface area contributed by atoms with E-state index < -0.39 is 50.1 Å². The minimum absolute atomic E-state index is 0.264. The predicted molar refractivity (Wildman–Crippen MR) is 74.2 cm³/mol. The molecule has 0 aliphatic heterocycles. The summed E-state index contributed by atoms with van der Waals surface area (Å²) < 4.78 is 77.9. The third-order valence-corrected chi connectivity index (χ3v) is 5.46. The lowest BCUT2D eigenvalue weighted by Crippen LogP contribution is -2.35. The molecule has 0 saturated carbocycles. The van der Waals surface area contributed by atoms with Crippen molar-refractivity contribution in [1.82, 2.24) is 0 Å². The molecule has 9 heteroatoms. The third kappa shape index (κ3) is 3.54. The summed E-state index contributed by atoms with van der Waals surface area (Å²) in [5, 5.41) is 8.30. The number of alkyl halides is 5. The predicted octanol–water partition coefficient (Wildman–Crippen LogP) is 4.25. The Balaban J connectivity index is 3.76. The first kappa shape index (κ1) is 19.5. The highest BCUT2D eigenvalue weighted by atomic mass is 32.2. The first-order chi connectivity index (χ1) is 10.4. The van der Waals surface area contributed by atoms with Crippen LogP contribution in [0.2, 0.25) is 0 Å². The molecule has 1 rings (SSSR count). The molecule has 0 aromatic heterocycles. The second-order valence-electron chi connectivity index (χ2n) is 5.01. The number of halogens is 5. The van der Waals surface area contributed by atoms with E-state index in [4.69, 9.17) is 5.11 Å². The van der Waals surface area contributed by atoms with Gasteiger partial charge in [-0.25, -0.2) is 4.79 Å². The summed E-state index contributed by atoms with van der Waals surface area (Å²) in [5.41, 5.74) is -2.28. The highest BCUT2D eigenvalue weighted by Crippen LogP contribution is 2.47. The van der Waals surface area contributed by atoms with E-state index >= 15 is 0 Å². The van der Waals surface area contributed by atoms with E-state index in [1.807, 2.05) is 0 Å². The molecule has 1 N–H and O–H groups in total. The van der Waals surface area contributed by atoms with Crippen LogP contribution in [-0.4, -0.2) is 26.7 Å². The van der Waals surface area contributed by atoms with Gasteiger partial charge in [0.05, 0.1) is 21.3 Å². The van der Waals surface area contributed by atoms with Crippen LogP contribution in [0, 0.1) is 6.92 Å². The van der Waals surface area contributed by atoms with Gasteiger partial charge < -0.3 is 5.11 Å². The molecule has 0 spiro atoms. The van der Waals surface area contributed by atoms with Crippen molar-refractivity contribution >= 4 is 16.8 Å². The molecule has 2 atom stereocenters. The average Bonchev–Trinajstić information content (AvgIpc) is 2.43. The first-order valence-electron chi connectivity index (χ1n) is 6.58. The van der Waals surface area contributed by atoms with Gasteiger partial charge in [-0.1, -0.05) is 19.9 Å². The minimum Gasteiger partial charge on any atom is -0.478 e. The molecule has 0 unspecified atom stereocenters. The number of rotatable bonds is 5. The lowest BCUT2D eigenvalue weighted by Gasteiger charge is -2.25. The van der Waals surface area contributed by atoms with Gasteiger partial charge in [0.1, 0.15) is 0 Å². The Kier molecular flexibility index (Phi) is 5.56. The van der Waals surface area contributed by atoms with Crippen molar-refractivity contribution in [3.63, 3.8) is 0 Å². The number of benzene rings is 1. The van der Waals surface area contributed by atoms with E-state index in [0.717, 1.165) is 6.92 Å². The Labute approximate surface area is 132 Å². The molecule has 130 valence electrons. The number of carbonyl (C=O) groups is 1. The fourth-order valence-corrected chi connectivity index (χ4v) is 3.46. The van der Waals surface area contributed by atoms with Crippen LogP contribution in [0.25, 0.3) is 0 Å². The third-order valence-electron chi connectivity index (χ3n) is 3.47. The maximum Gasteiger partial charge on any atom is 0.458 e. The summed E-state index contributed by atoms with van der Waals surface area (Å²) in [6.07, 6.45) is -5.61. The monoisotopic (exact) mass is 358 g/mol. The second-order valence-corrected chi connectivity index (χ2v) is 6.82. The Hall–Kier alpha value is -1.51. The van der Waals surface area contributed by atoms with E-state index in [9.17, 15) is 31.0 Å². The number of carboxylic acids is 1. The van der Waals surface area contributed by atoms with E-state index in [1.54, 1.807) is 6.92 Å². The van der Waals surface area contributed by atoms with Crippen LogP contribution in [-0.2, 0) is 16.7 Å². The summed E-state index contributed by atoms with van der Waals surface area (Å²) in [7, 11) is -2.20. The summed E-state index contributed by atoms with van der Waals surface area (Å²) in [6.45, 7) is 4.11. The Morgan fingerprint density at radius 1 is 1.26 bits per heavy atom. The fourth-order valence-electron chi connectivity index (χ4n) is 1.94. The van der Waals surface area contributed by atoms with Gasteiger partial charge in [-0.3, -0.25) is 4.21 Å². The molecule has 0 saturated heterocycles. The largest absolute Gasteiger partial charge is 0.478 e. The Morgan fingerprint density at radius 2 is 1.78 bits per heavy atom. The van der Waals surface area contributed by atoms with Gasteiger partial charge in [0.2, 0.25) is 0 Å². The van der Waals surface area contributed by atoms with Gasteiger partial charge >= 0.3 is 18.1 Å². The molecule has 3 nitrogen and oxygen atoms in total. The Morgan fingerprint density at radius 3 is 2.17 bits per heavy atom. The first-order valence-corrected chi connectivity index (χ1v) is 7.80. The molecule has 0 aliphatic carbocycles. The second kappa shape index (κ2) is 6.54. The van der Waals surface area contributed by atoms with Crippen molar-refractivity contribution in [2.75, 3.05) is 0 Å². The topological polar surface area (TPSA) is 54.4 Å². The summed E-state index contributed by atoms with van der Waals surface area (Å²) in [5.74, 6) is -6.72. The van der Waals surface area contributed by atoms with Crippen molar-refractivity contribution in [2.45, 2.75) is 49.4 Å². The molecule has 1 aromatic carbocycles. The van der Waals surface area contributed by atoms with Crippen molar-refractivity contribution in [1.29, 1.82) is 0 Å². The summed E-state index contributed by atoms with van der Waals surface area (Å²) in [4.78, 5) is 10.3.